The molecule has 0 saturated heterocycles. The van der Waals surface area contributed by atoms with Crippen molar-refractivity contribution in [1.29, 1.82) is 0 Å². The zero-order valence-electron chi connectivity index (χ0n) is 20.4. The van der Waals surface area contributed by atoms with Gasteiger partial charge in [-0.05, 0) is 76.7 Å². The summed E-state index contributed by atoms with van der Waals surface area (Å²) in [7, 11) is 0. The van der Waals surface area contributed by atoms with E-state index in [4.69, 9.17) is 9.47 Å². The highest BCUT2D eigenvalue weighted by atomic mass is 16.5. The van der Waals surface area contributed by atoms with Crippen molar-refractivity contribution >= 4 is 17.7 Å². The van der Waals surface area contributed by atoms with Gasteiger partial charge in [0.15, 0.2) is 5.78 Å². The fourth-order valence-electron chi connectivity index (χ4n) is 4.90. The highest BCUT2D eigenvalue weighted by molar-refractivity contribution is 6.00. The van der Waals surface area contributed by atoms with Crippen molar-refractivity contribution in [2.75, 3.05) is 0 Å². The maximum atomic E-state index is 12.6. The summed E-state index contributed by atoms with van der Waals surface area (Å²) < 4.78 is 11.1. The number of aliphatic hydroxyl groups is 1. The minimum absolute atomic E-state index is 0.000570. The van der Waals surface area contributed by atoms with Crippen LogP contribution in [-0.4, -0.2) is 41.1 Å². The first kappa shape index (κ1) is 26.0. The smallest absolute Gasteiger partial charge is 0.333 e. The maximum Gasteiger partial charge on any atom is 0.333 e. The predicted molar refractivity (Wildman–Crippen MR) is 123 cm³/mol. The first-order chi connectivity index (χ1) is 14.9. The molecule has 0 aromatic carbocycles. The topological polar surface area (TPSA) is 89.9 Å². The van der Waals surface area contributed by atoms with Crippen LogP contribution in [0.4, 0.5) is 0 Å². The van der Waals surface area contributed by atoms with Crippen LogP contribution in [0.25, 0.3) is 0 Å². The van der Waals surface area contributed by atoms with Crippen molar-refractivity contribution < 1.29 is 29.0 Å². The zero-order valence-corrected chi connectivity index (χ0v) is 20.4. The largest absolute Gasteiger partial charge is 0.459 e. The molecule has 2 rings (SSSR count). The van der Waals surface area contributed by atoms with Gasteiger partial charge in [-0.2, -0.15) is 0 Å². The molecule has 6 nitrogen and oxygen atoms in total. The molecule has 178 valence electrons. The van der Waals surface area contributed by atoms with E-state index in [-0.39, 0.29) is 41.2 Å². The molecule has 2 aliphatic rings. The van der Waals surface area contributed by atoms with Crippen LogP contribution in [0.3, 0.4) is 0 Å². The second kappa shape index (κ2) is 10.6. The van der Waals surface area contributed by atoms with Gasteiger partial charge in [-0.15, -0.1) is 0 Å². The standard InChI is InChI=1S/C26H38O6/c1-8-16(4)25(30)31-17(5)10-9-11-22(27)32-21-13-12-20-24(29)23(28)19(15(2)3)14-26(20,7)18(21)6/h8-9,11,17-18,20-21,24,29H,10,12-14H2,1-7H3/b11-9-,16-8-/t17-,18+,20-,21-,24-,26-/m1/s1. The molecule has 6 heteroatoms. The summed E-state index contributed by atoms with van der Waals surface area (Å²) in [6.45, 7) is 13.2. The predicted octanol–water partition coefficient (Wildman–Crippen LogP) is 4.46. The molecular weight excluding hydrogens is 408 g/mol. The summed E-state index contributed by atoms with van der Waals surface area (Å²) in [5.74, 6) is -1.08. The molecule has 0 bridgehead atoms. The van der Waals surface area contributed by atoms with Crippen LogP contribution in [0, 0.1) is 17.3 Å². The van der Waals surface area contributed by atoms with E-state index in [9.17, 15) is 19.5 Å². The van der Waals surface area contributed by atoms with Gasteiger partial charge in [-0.3, -0.25) is 4.79 Å². The highest BCUT2D eigenvalue weighted by Crippen LogP contribution is 2.54. The summed E-state index contributed by atoms with van der Waals surface area (Å²) >= 11 is 0. The van der Waals surface area contributed by atoms with Gasteiger partial charge < -0.3 is 14.6 Å². The van der Waals surface area contributed by atoms with Gasteiger partial charge in [0.25, 0.3) is 0 Å². The molecule has 1 N–H and O–H groups in total. The van der Waals surface area contributed by atoms with Crippen molar-refractivity contribution in [3.63, 3.8) is 0 Å². The van der Waals surface area contributed by atoms with Crippen molar-refractivity contribution in [2.24, 2.45) is 17.3 Å². The van der Waals surface area contributed by atoms with Crippen LogP contribution in [0.15, 0.2) is 34.9 Å². The average Bonchev–Trinajstić information content (AvgIpc) is 2.73. The van der Waals surface area contributed by atoms with Crippen molar-refractivity contribution in [3.05, 3.63) is 34.9 Å². The Bertz CT molecular complexity index is 831. The molecule has 6 atom stereocenters. The molecule has 2 aliphatic carbocycles. The van der Waals surface area contributed by atoms with Gasteiger partial charge >= 0.3 is 11.9 Å². The monoisotopic (exact) mass is 446 g/mol. The number of hydrogen-bond acceptors (Lipinski definition) is 6. The van der Waals surface area contributed by atoms with E-state index in [0.29, 0.717) is 36.8 Å². The number of ether oxygens (including phenoxy) is 2. The molecule has 2 saturated carbocycles. The number of carbonyl (C=O) groups is 3. The van der Waals surface area contributed by atoms with E-state index in [1.807, 2.05) is 20.8 Å². The Morgan fingerprint density at radius 3 is 2.50 bits per heavy atom. The summed E-state index contributed by atoms with van der Waals surface area (Å²) in [5, 5.41) is 10.7. The number of hydrogen-bond donors (Lipinski definition) is 1. The summed E-state index contributed by atoms with van der Waals surface area (Å²) in [6.07, 6.45) is 5.38. The average molecular weight is 447 g/mol. The molecular formula is C26H38O6. The van der Waals surface area contributed by atoms with Crippen LogP contribution in [-0.2, 0) is 23.9 Å². The Balaban J connectivity index is 1.99. The number of fused-ring (bicyclic) bond motifs is 1. The molecule has 0 spiro atoms. The maximum absolute atomic E-state index is 12.6. The third-order valence-electron chi connectivity index (χ3n) is 7.37. The van der Waals surface area contributed by atoms with Gasteiger partial charge in [0.2, 0.25) is 0 Å². The lowest BCUT2D eigenvalue weighted by atomic mass is 9.53. The lowest BCUT2D eigenvalue weighted by Crippen LogP contribution is -2.55. The zero-order chi connectivity index (χ0) is 24.2. The van der Waals surface area contributed by atoms with E-state index < -0.39 is 12.1 Å². The van der Waals surface area contributed by atoms with Crippen LogP contribution < -0.4 is 0 Å². The van der Waals surface area contributed by atoms with Gasteiger partial charge in [0.1, 0.15) is 18.3 Å². The lowest BCUT2D eigenvalue weighted by molar-refractivity contribution is -0.164. The number of ketones is 1. The Hall–Kier alpha value is -2.21. The van der Waals surface area contributed by atoms with E-state index in [1.54, 1.807) is 32.9 Å². The normalized spacial score (nSPS) is 31.8. The van der Waals surface area contributed by atoms with E-state index in [2.05, 4.69) is 6.92 Å². The molecule has 0 aromatic heterocycles. The highest BCUT2D eigenvalue weighted by Gasteiger charge is 2.55. The number of Topliss-reactive ketones (excluding diaryl/α,β-unsaturated/α-hetero) is 1. The minimum Gasteiger partial charge on any atom is -0.459 e. The second-order valence-corrected chi connectivity index (χ2v) is 9.74. The molecule has 0 radical (unpaired) electrons. The van der Waals surface area contributed by atoms with Crippen LogP contribution >= 0.6 is 0 Å². The third-order valence-corrected chi connectivity index (χ3v) is 7.37. The fourth-order valence-corrected chi connectivity index (χ4v) is 4.90. The number of allylic oxidation sites excluding steroid dienone is 2. The van der Waals surface area contributed by atoms with E-state index in [0.717, 1.165) is 5.57 Å². The number of rotatable bonds is 6. The first-order valence-corrected chi connectivity index (χ1v) is 11.5. The summed E-state index contributed by atoms with van der Waals surface area (Å²) in [6, 6.07) is 0. The van der Waals surface area contributed by atoms with Crippen LogP contribution in [0.2, 0.25) is 0 Å². The Morgan fingerprint density at radius 2 is 1.91 bits per heavy atom. The Labute approximate surface area is 191 Å². The van der Waals surface area contributed by atoms with Crippen molar-refractivity contribution in [3.8, 4) is 0 Å². The number of esters is 2. The van der Waals surface area contributed by atoms with Gasteiger partial charge in [-0.1, -0.05) is 31.6 Å². The fraction of sp³-hybridized carbons (Fsp3) is 0.654. The van der Waals surface area contributed by atoms with Crippen LogP contribution in [0.5, 0.6) is 0 Å². The Kier molecular flexibility index (Phi) is 8.63. The SMILES string of the molecule is C/C=C(/C)C(=O)O[C@H](C)C/C=C\C(=O)O[C@@H]1CC[C@@H]2[C@@H](O)C(=O)C(=C(C)C)C[C@]2(C)[C@H]1C. The Morgan fingerprint density at radius 1 is 1.25 bits per heavy atom. The molecule has 2 fully saturated rings. The van der Waals surface area contributed by atoms with E-state index >= 15 is 0 Å². The third kappa shape index (κ3) is 5.58. The quantitative estimate of drug-likeness (QED) is 0.478. The molecule has 0 aromatic rings. The first-order valence-electron chi connectivity index (χ1n) is 11.5. The van der Waals surface area contributed by atoms with Crippen molar-refractivity contribution in [1.82, 2.24) is 0 Å². The van der Waals surface area contributed by atoms with Gasteiger partial charge in [-0.25, -0.2) is 9.59 Å². The minimum atomic E-state index is -0.993. The molecule has 0 aliphatic heterocycles. The summed E-state index contributed by atoms with van der Waals surface area (Å²) in [4.78, 5) is 36.8. The number of aliphatic hydroxyl groups excluding tert-OH is 1. The van der Waals surface area contributed by atoms with Crippen LogP contribution in [0.1, 0.15) is 74.1 Å². The van der Waals surface area contributed by atoms with E-state index in [1.165, 1.54) is 6.08 Å². The molecule has 0 heterocycles. The molecule has 32 heavy (non-hydrogen) atoms. The van der Waals surface area contributed by atoms with Gasteiger partial charge in [0.05, 0.1) is 0 Å². The second-order valence-electron chi connectivity index (χ2n) is 9.74. The van der Waals surface area contributed by atoms with Crippen molar-refractivity contribution in [2.45, 2.75) is 92.5 Å². The summed E-state index contributed by atoms with van der Waals surface area (Å²) in [5.41, 5.74) is 1.86. The molecule has 0 unspecified atom stereocenters. The van der Waals surface area contributed by atoms with Gasteiger partial charge in [0, 0.05) is 18.1 Å². The molecule has 0 amide bonds. The number of carbonyl (C=O) groups excluding carboxylic acids is 3. The lowest BCUT2D eigenvalue weighted by Gasteiger charge is -2.53.